The minimum absolute atomic E-state index is 0.0347. The Kier molecular flexibility index (Phi) is 4.80. The fourth-order valence-electron chi connectivity index (χ4n) is 2.08. The second kappa shape index (κ2) is 6.58. The second-order valence-electron chi connectivity index (χ2n) is 4.37. The molecule has 2 heterocycles. The molecule has 0 saturated carbocycles. The number of carbonyl (C=O) groups excluding carboxylic acids is 2. The first kappa shape index (κ1) is 13.9. The number of anilines is 1. The third-order valence-electron chi connectivity index (χ3n) is 3.10. The molecule has 0 aliphatic carbocycles. The van der Waals surface area contributed by atoms with Gasteiger partial charge in [-0.05, 0) is 25.9 Å². The Hall–Kier alpha value is -1.54. The molecule has 1 amide bonds. The molecule has 1 aromatic heterocycles. The summed E-state index contributed by atoms with van der Waals surface area (Å²) in [5.41, 5.74) is 1.57. The fourth-order valence-corrected chi connectivity index (χ4v) is 2.54. The molecule has 8 heteroatoms. The van der Waals surface area contributed by atoms with Crippen molar-refractivity contribution in [3.63, 3.8) is 0 Å². The predicted octanol–water partition coefficient (Wildman–Crippen LogP) is 0.362. The van der Waals surface area contributed by atoms with Crippen molar-refractivity contribution in [3.8, 4) is 0 Å². The van der Waals surface area contributed by atoms with Crippen LogP contribution in [0.1, 0.15) is 12.8 Å². The molecule has 1 N–H and O–H groups in total. The highest BCUT2D eigenvalue weighted by Gasteiger charge is 2.26. The summed E-state index contributed by atoms with van der Waals surface area (Å²) < 4.78 is 4.73. The van der Waals surface area contributed by atoms with Crippen molar-refractivity contribution in [2.75, 3.05) is 32.1 Å². The van der Waals surface area contributed by atoms with Crippen LogP contribution in [-0.4, -0.2) is 53.7 Å². The van der Waals surface area contributed by atoms with E-state index in [1.165, 1.54) is 18.4 Å². The lowest BCUT2D eigenvalue weighted by atomic mass is 9.97. The average Bonchev–Trinajstić information content (AvgIpc) is 2.91. The number of ether oxygens (including phenoxy) is 1. The van der Waals surface area contributed by atoms with Crippen LogP contribution in [0, 0.1) is 5.92 Å². The van der Waals surface area contributed by atoms with Crippen molar-refractivity contribution in [3.05, 3.63) is 5.51 Å². The summed E-state index contributed by atoms with van der Waals surface area (Å²) in [7, 11) is 1.41. The lowest BCUT2D eigenvalue weighted by Gasteiger charge is -2.29. The number of hydrogen-bond donors (Lipinski definition) is 1. The van der Waals surface area contributed by atoms with Gasteiger partial charge in [-0.15, -0.1) is 10.2 Å². The van der Waals surface area contributed by atoms with Gasteiger partial charge >= 0.3 is 5.97 Å². The number of amides is 1. The average molecular weight is 284 g/mol. The highest BCUT2D eigenvalue weighted by atomic mass is 32.1. The van der Waals surface area contributed by atoms with Gasteiger partial charge in [0.1, 0.15) is 5.51 Å². The van der Waals surface area contributed by atoms with E-state index in [9.17, 15) is 9.59 Å². The molecule has 1 saturated heterocycles. The van der Waals surface area contributed by atoms with Crippen LogP contribution < -0.4 is 5.32 Å². The van der Waals surface area contributed by atoms with E-state index >= 15 is 0 Å². The number of rotatable bonds is 4. The molecule has 1 aliphatic rings. The van der Waals surface area contributed by atoms with E-state index in [-0.39, 0.29) is 17.8 Å². The van der Waals surface area contributed by atoms with Gasteiger partial charge in [-0.25, -0.2) is 0 Å². The quantitative estimate of drug-likeness (QED) is 0.804. The molecule has 19 heavy (non-hydrogen) atoms. The Morgan fingerprint density at radius 3 is 2.84 bits per heavy atom. The zero-order chi connectivity index (χ0) is 13.7. The van der Waals surface area contributed by atoms with Crippen LogP contribution in [0.25, 0.3) is 0 Å². The number of methoxy groups -OCH3 is 1. The smallest absolute Gasteiger partial charge is 0.308 e. The zero-order valence-corrected chi connectivity index (χ0v) is 11.5. The van der Waals surface area contributed by atoms with Gasteiger partial charge in [0.05, 0.1) is 19.6 Å². The lowest BCUT2D eigenvalue weighted by molar-refractivity contribution is -0.147. The summed E-state index contributed by atoms with van der Waals surface area (Å²) in [6.07, 6.45) is 1.47. The Bertz CT molecular complexity index is 429. The van der Waals surface area contributed by atoms with Crippen molar-refractivity contribution in [2.45, 2.75) is 12.8 Å². The minimum Gasteiger partial charge on any atom is -0.469 e. The van der Waals surface area contributed by atoms with E-state index in [4.69, 9.17) is 4.74 Å². The molecule has 0 atom stereocenters. The molecular weight excluding hydrogens is 268 g/mol. The fraction of sp³-hybridized carbons (Fsp3) is 0.636. The molecule has 0 bridgehead atoms. The second-order valence-corrected chi connectivity index (χ2v) is 5.20. The minimum atomic E-state index is -0.155. The number of nitrogens with one attached hydrogen (secondary N) is 1. The lowest BCUT2D eigenvalue weighted by Crippen LogP contribution is -2.41. The van der Waals surface area contributed by atoms with Crippen molar-refractivity contribution in [1.29, 1.82) is 0 Å². The van der Waals surface area contributed by atoms with Crippen LogP contribution in [0.2, 0.25) is 0 Å². The first-order valence-electron chi connectivity index (χ1n) is 6.05. The van der Waals surface area contributed by atoms with Crippen molar-refractivity contribution < 1.29 is 14.3 Å². The van der Waals surface area contributed by atoms with Gasteiger partial charge in [0.2, 0.25) is 11.0 Å². The summed E-state index contributed by atoms with van der Waals surface area (Å²) in [5.74, 6) is -0.293. The number of likely N-dealkylation sites (tertiary alicyclic amines) is 1. The van der Waals surface area contributed by atoms with E-state index < -0.39 is 0 Å². The summed E-state index contributed by atoms with van der Waals surface area (Å²) in [6, 6.07) is 0. The van der Waals surface area contributed by atoms with E-state index in [0.717, 1.165) is 25.9 Å². The van der Waals surface area contributed by atoms with Gasteiger partial charge in [-0.3, -0.25) is 19.8 Å². The largest absolute Gasteiger partial charge is 0.469 e. The Balaban J connectivity index is 1.73. The molecular formula is C11H16N4O3S. The molecule has 2 rings (SSSR count). The highest BCUT2D eigenvalue weighted by Crippen LogP contribution is 2.18. The maximum atomic E-state index is 11.7. The maximum Gasteiger partial charge on any atom is 0.308 e. The van der Waals surface area contributed by atoms with Gasteiger partial charge in [0.25, 0.3) is 0 Å². The summed E-state index contributed by atoms with van der Waals surface area (Å²) in [4.78, 5) is 25.1. The van der Waals surface area contributed by atoms with Crippen LogP contribution in [0.5, 0.6) is 0 Å². The predicted molar refractivity (Wildman–Crippen MR) is 69.7 cm³/mol. The molecule has 1 aliphatic heterocycles. The van der Waals surface area contributed by atoms with Crippen LogP contribution in [0.3, 0.4) is 0 Å². The van der Waals surface area contributed by atoms with E-state index in [1.54, 1.807) is 5.51 Å². The Morgan fingerprint density at radius 1 is 1.53 bits per heavy atom. The maximum absolute atomic E-state index is 11.7. The normalized spacial score (nSPS) is 17.1. The zero-order valence-electron chi connectivity index (χ0n) is 10.7. The third kappa shape index (κ3) is 3.97. The third-order valence-corrected chi connectivity index (χ3v) is 3.70. The summed E-state index contributed by atoms with van der Waals surface area (Å²) >= 11 is 1.29. The van der Waals surface area contributed by atoms with Gasteiger partial charge < -0.3 is 4.74 Å². The van der Waals surface area contributed by atoms with Crippen LogP contribution in [-0.2, 0) is 14.3 Å². The van der Waals surface area contributed by atoms with Gasteiger partial charge in [-0.1, -0.05) is 11.3 Å². The Labute approximate surface area is 115 Å². The number of aromatic nitrogens is 2. The molecule has 1 aromatic rings. The summed E-state index contributed by atoms with van der Waals surface area (Å²) in [6.45, 7) is 1.76. The number of hydrogen-bond acceptors (Lipinski definition) is 7. The van der Waals surface area contributed by atoms with E-state index in [2.05, 4.69) is 15.5 Å². The molecule has 0 unspecified atom stereocenters. The number of nitrogens with zero attached hydrogens (tertiary/aromatic N) is 3. The van der Waals surface area contributed by atoms with Crippen molar-refractivity contribution >= 4 is 28.3 Å². The molecule has 7 nitrogen and oxygen atoms in total. The topological polar surface area (TPSA) is 84.4 Å². The van der Waals surface area contributed by atoms with Gasteiger partial charge in [0, 0.05) is 0 Å². The molecule has 0 aromatic carbocycles. The van der Waals surface area contributed by atoms with E-state index in [1.807, 2.05) is 4.90 Å². The number of carbonyl (C=O) groups is 2. The molecule has 104 valence electrons. The SMILES string of the molecule is COC(=O)C1CCN(CC(=O)Nc2nncs2)CC1. The van der Waals surface area contributed by atoms with Crippen molar-refractivity contribution in [1.82, 2.24) is 15.1 Å². The van der Waals surface area contributed by atoms with Crippen LogP contribution in [0.4, 0.5) is 5.13 Å². The first-order valence-corrected chi connectivity index (χ1v) is 6.93. The van der Waals surface area contributed by atoms with Crippen LogP contribution in [0.15, 0.2) is 5.51 Å². The molecule has 0 spiro atoms. The Morgan fingerprint density at radius 2 is 2.26 bits per heavy atom. The van der Waals surface area contributed by atoms with Gasteiger partial charge in [0.15, 0.2) is 0 Å². The standard InChI is InChI=1S/C11H16N4O3S/c1-18-10(17)8-2-4-15(5-3-8)6-9(16)13-11-14-12-7-19-11/h7-8H,2-6H2,1H3,(H,13,14,16). The van der Waals surface area contributed by atoms with Gasteiger partial charge in [-0.2, -0.15) is 0 Å². The number of esters is 1. The highest BCUT2D eigenvalue weighted by molar-refractivity contribution is 7.13. The number of piperidine rings is 1. The monoisotopic (exact) mass is 284 g/mol. The van der Waals surface area contributed by atoms with Crippen molar-refractivity contribution in [2.24, 2.45) is 5.92 Å². The van der Waals surface area contributed by atoms with Crippen LogP contribution >= 0.6 is 11.3 Å². The summed E-state index contributed by atoms with van der Waals surface area (Å²) in [5, 5.41) is 10.6. The van der Waals surface area contributed by atoms with E-state index in [0.29, 0.717) is 11.7 Å². The first-order chi connectivity index (χ1) is 9.19. The molecule has 0 radical (unpaired) electrons. The molecule has 1 fully saturated rings.